The Bertz CT molecular complexity index is 480. The molecule has 1 aliphatic rings. The van der Waals surface area contributed by atoms with Crippen LogP contribution >= 0.6 is 0 Å². The molecule has 1 aromatic carbocycles. The van der Waals surface area contributed by atoms with Gasteiger partial charge in [0.05, 0.1) is 19.1 Å². The van der Waals surface area contributed by atoms with Crippen LogP contribution in [0.1, 0.15) is 12.8 Å². The van der Waals surface area contributed by atoms with Gasteiger partial charge in [0.25, 0.3) is 0 Å². The number of alkyl halides is 3. The minimum absolute atomic E-state index is 0.0306. The predicted octanol–water partition coefficient (Wildman–Crippen LogP) is 2.56. The fourth-order valence-corrected chi connectivity index (χ4v) is 2.26. The lowest BCUT2D eigenvalue weighted by Crippen LogP contribution is -2.49. The molecular weight excluding hydrogens is 285 g/mol. The second-order valence-corrected chi connectivity index (χ2v) is 4.99. The highest BCUT2D eigenvalue weighted by molar-refractivity contribution is 5.94. The molecule has 2 atom stereocenters. The maximum Gasteiger partial charge on any atom is 0.393 e. The van der Waals surface area contributed by atoms with Crippen LogP contribution in [0.3, 0.4) is 0 Å². The Balaban J connectivity index is 1.87. The molecule has 0 aliphatic carbocycles. The Labute approximate surface area is 120 Å². The van der Waals surface area contributed by atoms with E-state index in [0.717, 1.165) is 0 Å². The number of methoxy groups -OCH3 is 1. The van der Waals surface area contributed by atoms with Gasteiger partial charge in [-0.05, 0) is 37.1 Å². The van der Waals surface area contributed by atoms with Gasteiger partial charge in [-0.15, -0.1) is 0 Å². The van der Waals surface area contributed by atoms with Crippen LogP contribution in [0, 0.1) is 5.92 Å². The summed E-state index contributed by atoms with van der Waals surface area (Å²) >= 11 is 0. The van der Waals surface area contributed by atoms with Crippen molar-refractivity contribution in [1.29, 1.82) is 0 Å². The molecule has 1 amide bonds. The lowest BCUT2D eigenvalue weighted by atomic mass is 9.94. The van der Waals surface area contributed by atoms with Crippen molar-refractivity contribution in [1.82, 2.24) is 5.32 Å². The summed E-state index contributed by atoms with van der Waals surface area (Å²) in [6.45, 7) is -0.218. The summed E-state index contributed by atoms with van der Waals surface area (Å²) in [5.74, 6) is -1.03. The molecule has 2 N–H and O–H groups in total. The van der Waals surface area contributed by atoms with Crippen LogP contribution in [0.2, 0.25) is 0 Å². The van der Waals surface area contributed by atoms with E-state index in [1.54, 1.807) is 24.3 Å². The van der Waals surface area contributed by atoms with Crippen molar-refractivity contribution in [2.75, 3.05) is 19.0 Å². The summed E-state index contributed by atoms with van der Waals surface area (Å²) in [6, 6.07) is 6.16. The summed E-state index contributed by atoms with van der Waals surface area (Å²) in [7, 11) is 1.54. The Morgan fingerprint density at radius 3 is 2.43 bits per heavy atom. The Morgan fingerprint density at radius 2 is 1.95 bits per heavy atom. The van der Waals surface area contributed by atoms with Crippen molar-refractivity contribution in [3.05, 3.63) is 24.3 Å². The largest absolute Gasteiger partial charge is 0.497 e. The average molecular weight is 302 g/mol. The highest BCUT2D eigenvalue weighted by Gasteiger charge is 2.42. The zero-order chi connectivity index (χ0) is 15.5. The van der Waals surface area contributed by atoms with Gasteiger partial charge in [0.2, 0.25) is 5.91 Å². The zero-order valence-electron chi connectivity index (χ0n) is 11.5. The first kappa shape index (κ1) is 15.6. The molecule has 116 valence electrons. The molecule has 21 heavy (non-hydrogen) atoms. The summed E-state index contributed by atoms with van der Waals surface area (Å²) in [4.78, 5) is 12.0. The van der Waals surface area contributed by atoms with Crippen molar-refractivity contribution in [2.45, 2.75) is 25.1 Å². The standard InChI is InChI=1S/C14H17F3N2O2/c1-21-11-5-3-10(4-6-11)19-13(20)12-7-2-9(8-18-12)14(15,16)17/h3-6,9,12,18H,2,7-8H2,1H3,(H,19,20). The van der Waals surface area contributed by atoms with Crippen molar-refractivity contribution in [3.8, 4) is 5.75 Å². The fraction of sp³-hybridized carbons (Fsp3) is 0.500. The zero-order valence-corrected chi connectivity index (χ0v) is 11.5. The number of hydrogen-bond acceptors (Lipinski definition) is 3. The maximum absolute atomic E-state index is 12.5. The number of halogens is 3. The van der Waals surface area contributed by atoms with Gasteiger partial charge in [-0.1, -0.05) is 0 Å². The minimum Gasteiger partial charge on any atom is -0.497 e. The van der Waals surface area contributed by atoms with E-state index < -0.39 is 18.1 Å². The van der Waals surface area contributed by atoms with Crippen molar-refractivity contribution < 1.29 is 22.7 Å². The van der Waals surface area contributed by atoms with Gasteiger partial charge in [0, 0.05) is 12.2 Å². The Morgan fingerprint density at radius 1 is 1.29 bits per heavy atom. The van der Waals surface area contributed by atoms with Gasteiger partial charge in [-0.25, -0.2) is 0 Å². The van der Waals surface area contributed by atoms with E-state index in [0.29, 0.717) is 11.4 Å². The molecule has 1 aliphatic heterocycles. The second-order valence-electron chi connectivity index (χ2n) is 4.99. The maximum atomic E-state index is 12.5. The predicted molar refractivity (Wildman–Crippen MR) is 72.2 cm³/mol. The number of benzene rings is 1. The Kier molecular flexibility index (Phi) is 4.72. The summed E-state index contributed by atoms with van der Waals surface area (Å²) in [5, 5.41) is 5.34. The quantitative estimate of drug-likeness (QED) is 0.902. The number of amides is 1. The average Bonchev–Trinajstić information content (AvgIpc) is 2.47. The topological polar surface area (TPSA) is 50.4 Å². The van der Waals surface area contributed by atoms with Gasteiger partial charge >= 0.3 is 6.18 Å². The van der Waals surface area contributed by atoms with E-state index in [9.17, 15) is 18.0 Å². The third kappa shape index (κ3) is 4.10. The molecule has 7 heteroatoms. The molecule has 2 unspecified atom stereocenters. The minimum atomic E-state index is -4.20. The van der Waals surface area contributed by atoms with E-state index >= 15 is 0 Å². The van der Waals surface area contributed by atoms with E-state index in [-0.39, 0.29) is 25.3 Å². The number of carbonyl (C=O) groups is 1. The first-order valence-corrected chi connectivity index (χ1v) is 6.65. The van der Waals surface area contributed by atoms with Gasteiger partial charge in [-0.2, -0.15) is 13.2 Å². The summed E-state index contributed by atoms with van der Waals surface area (Å²) in [5.41, 5.74) is 0.584. The van der Waals surface area contributed by atoms with Gasteiger partial charge in [0.1, 0.15) is 5.75 Å². The van der Waals surface area contributed by atoms with Gasteiger partial charge in [-0.3, -0.25) is 4.79 Å². The number of anilines is 1. The molecule has 0 bridgehead atoms. The van der Waals surface area contributed by atoms with Crippen molar-refractivity contribution in [2.24, 2.45) is 5.92 Å². The molecule has 0 radical (unpaired) electrons. The normalized spacial score (nSPS) is 22.7. The van der Waals surface area contributed by atoms with E-state index in [1.807, 2.05) is 0 Å². The van der Waals surface area contributed by atoms with Crippen LogP contribution in [0.4, 0.5) is 18.9 Å². The Hall–Kier alpha value is -1.76. The lowest BCUT2D eigenvalue weighted by molar-refractivity contribution is -0.180. The molecule has 1 heterocycles. The first-order chi connectivity index (χ1) is 9.90. The third-order valence-corrected chi connectivity index (χ3v) is 3.55. The van der Waals surface area contributed by atoms with E-state index in [4.69, 9.17) is 4.74 Å². The smallest absolute Gasteiger partial charge is 0.393 e. The van der Waals surface area contributed by atoms with Crippen molar-refractivity contribution in [3.63, 3.8) is 0 Å². The molecule has 0 saturated carbocycles. The van der Waals surface area contributed by atoms with Crippen LogP contribution in [0.5, 0.6) is 5.75 Å². The number of ether oxygens (including phenoxy) is 1. The number of piperidine rings is 1. The molecule has 1 fully saturated rings. The van der Waals surface area contributed by atoms with Crippen LogP contribution in [-0.4, -0.2) is 31.8 Å². The molecule has 0 aromatic heterocycles. The van der Waals surface area contributed by atoms with Gasteiger partial charge in [0.15, 0.2) is 0 Å². The summed E-state index contributed by atoms with van der Waals surface area (Å²) in [6.07, 6.45) is -4.06. The van der Waals surface area contributed by atoms with Crippen LogP contribution in [0.15, 0.2) is 24.3 Å². The first-order valence-electron chi connectivity index (χ1n) is 6.65. The second kappa shape index (κ2) is 6.34. The molecule has 0 spiro atoms. The third-order valence-electron chi connectivity index (χ3n) is 3.55. The SMILES string of the molecule is COc1ccc(NC(=O)C2CCC(C(F)(F)F)CN2)cc1. The van der Waals surface area contributed by atoms with Crippen LogP contribution in [0.25, 0.3) is 0 Å². The van der Waals surface area contributed by atoms with Crippen molar-refractivity contribution >= 4 is 11.6 Å². The van der Waals surface area contributed by atoms with Crippen LogP contribution in [-0.2, 0) is 4.79 Å². The molecule has 1 saturated heterocycles. The molecule has 2 rings (SSSR count). The van der Waals surface area contributed by atoms with E-state index in [2.05, 4.69) is 10.6 Å². The number of carbonyl (C=O) groups excluding carboxylic acids is 1. The highest BCUT2D eigenvalue weighted by Crippen LogP contribution is 2.32. The molecule has 4 nitrogen and oxygen atoms in total. The van der Waals surface area contributed by atoms with Gasteiger partial charge < -0.3 is 15.4 Å². The lowest BCUT2D eigenvalue weighted by Gasteiger charge is -2.30. The summed E-state index contributed by atoms with van der Waals surface area (Å²) < 4.78 is 42.6. The van der Waals surface area contributed by atoms with Crippen LogP contribution < -0.4 is 15.4 Å². The highest BCUT2D eigenvalue weighted by atomic mass is 19.4. The number of nitrogens with one attached hydrogen (secondary N) is 2. The fourth-order valence-electron chi connectivity index (χ4n) is 2.26. The number of rotatable bonds is 3. The monoisotopic (exact) mass is 302 g/mol. The molecule has 1 aromatic rings. The number of hydrogen-bond donors (Lipinski definition) is 2. The molecular formula is C14H17F3N2O2. The van der Waals surface area contributed by atoms with E-state index in [1.165, 1.54) is 7.11 Å².